The highest BCUT2D eigenvalue weighted by Crippen LogP contribution is 2.36. The van der Waals surface area contributed by atoms with Gasteiger partial charge in [-0.2, -0.15) is 0 Å². The summed E-state index contributed by atoms with van der Waals surface area (Å²) in [5.41, 5.74) is 10.5. The first-order valence-corrected chi connectivity index (χ1v) is 11.3. The van der Waals surface area contributed by atoms with E-state index in [1.807, 2.05) is 19.1 Å². The summed E-state index contributed by atoms with van der Waals surface area (Å²) in [5, 5.41) is 23.1. The second-order valence-corrected chi connectivity index (χ2v) is 8.58. The summed E-state index contributed by atoms with van der Waals surface area (Å²) in [6.07, 6.45) is 3.90. The number of nitrogens with two attached hydrogens (primary N) is 1. The number of primary amides is 1. The molecule has 0 radical (unpaired) electrons. The van der Waals surface area contributed by atoms with Crippen LogP contribution in [0.15, 0.2) is 46.9 Å². The van der Waals surface area contributed by atoms with Gasteiger partial charge in [-0.25, -0.2) is 9.97 Å². The molecule has 0 atom stereocenters. The number of aryl methyl sites for hydroxylation is 2. The molecule has 5 N–H and O–H groups in total. The third-order valence-corrected chi connectivity index (χ3v) is 6.27. The van der Waals surface area contributed by atoms with Crippen LogP contribution < -0.4 is 16.5 Å². The average molecular weight is 456 g/mol. The van der Waals surface area contributed by atoms with E-state index in [1.54, 1.807) is 30.3 Å². The number of rotatable bonds is 6. The quantitative estimate of drug-likeness (QED) is 0.328. The fourth-order valence-electron chi connectivity index (χ4n) is 4.61. The van der Waals surface area contributed by atoms with Crippen LogP contribution in [0.4, 0.5) is 5.82 Å². The molecule has 4 aromatic rings. The number of furan rings is 1. The van der Waals surface area contributed by atoms with Crippen LogP contribution in [0, 0.1) is 6.92 Å². The van der Waals surface area contributed by atoms with E-state index in [0.717, 1.165) is 59.3 Å². The summed E-state index contributed by atoms with van der Waals surface area (Å²) in [6, 6.07) is 12.5. The molecule has 34 heavy (non-hydrogen) atoms. The Kier molecular flexibility index (Phi) is 5.81. The monoisotopic (exact) mass is 456 g/mol. The van der Waals surface area contributed by atoms with E-state index in [-0.39, 0.29) is 0 Å². The largest absolute Gasteiger partial charge is 0.488 e. The molecule has 0 bridgehead atoms. The zero-order chi connectivity index (χ0) is 23.8. The van der Waals surface area contributed by atoms with E-state index >= 15 is 0 Å². The summed E-state index contributed by atoms with van der Waals surface area (Å²) in [5.74, 6) is 1.37. The van der Waals surface area contributed by atoms with E-state index in [9.17, 15) is 14.8 Å². The van der Waals surface area contributed by atoms with Gasteiger partial charge in [0.25, 0.3) is 5.91 Å². The maximum absolute atomic E-state index is 11.9. The fraction of sp³-hybridized carbons (Fsp3) is 0.240. The van der Waals surface area contributed by atoms with Gasteiger partial charge in [-0.1, -0.05) is 36.4 Å². The lowest BCUT2D eigenvalue weighted by Gasteiger charge is -2.20. The summed E-state index contributed by atoms with van der Waals surface area (Å²) in [6.45, 7) is 2.31. The molecular formula is C25H25BN4O4. The third kappa shape index (κ3) is 4.04. The van der Waals surface area contributed by atoms with Gasteiger partial charge in [-0.3, -0.25) is 4.79 Å². The van der Waals surface area contributed by atoms with Crippen molar-refractivity contribution in [3.63, 3.8) is 0 Å². The Labute approximate surface area is 197 Å². The maximum atomic E-state index is 11.9. The van der Waals surface area contributed by atoms with Crippen molar-refractivity contribution >= 4 is 35.3 Å². The van der Waals surface area contributed by atoms with Crippen LogP contribution in [0.1, 0.15) is 45.8 Å². The second-order valence-electron chi connectivity index (χ2n) is 8.58. The van der Waals surface area contributed by atoms with Crippen molar-refractivity contribution in [1.29, 1.82) is 0 Å². The molecule has 1 amide bonds. The summed E-state index contributed by atoms with van der Waals surface area (Å²) in [7, 11) is -1.51. The molecule has 0 saturated carbocycles. The predicted molar refractivity (Wildman–Crippen MR) is 131 cm³/mol. The number of anilines is 1. The molecule has 2 heterocycles. The van der Waals surface area contributed by atoms with Crippen molar-refractivity contribution in [2.24, 2.45) is 5.73 Å². The second kappa shape index (κ2) is 8.93. The normalized spacial score (nSPS) is 13.0. The van der Waals surface area contributed by atoms with E-state index in [1.165, 1.54) is 0 Å². The van der Waals surface area contributed by atoms with Crippen LogP contribution in [-0.2, 0) is 19.4 Å². The first-order chi connectivity index (χ1) is 16.4. The lowest BCUT2D eigenvalue weighted by atomic mass is 9.79. The minimum atomic E-state index is -1.51. The number of hydrogen-bond acceptors (Lipinski definition) is 7. The average Bonchev–Trinajstić information content (AvgIpc) is 3.18. The Balaban J connectivity index is 1.57. The summed E-state index contributed by atoms with van der Waals surface area (Å²) in [4.78, 5) is 21.7. The van der Waals surface area contributed by atoms with Crippen LogP contribution in [0.25, 0.3) is 22.4 Å². The van der Waals surface area contributed by atoms with E-state index in [2.05, 4.69) is 5.32 Å². The molecule has 1 aliphatic rings. The molecule has 8 nitrogen and oxygen atoms in total. The topological polar surface area (TPSA) is 134 Å². The molecule has 9 heteroatoms. The lowest BCUT2D eigenvalue weighted by Crippen LogP contribution is -2.30. The highest BCUT2D eigenvalue weighted by atomic mass is 16.4. The van der Waals surface area contributed by atoms with Gasteiger partial charge in [0, 0.05) is 23.2 Å². The SMILES string of the molecule is Cc1oc2c(C(N)=O)cccc2c1-c1nc2c(c(NCc3cccc(B(O)O)c3)n1)CCCC2. The molecule has 2 aromatic carbocycles. The van der Waals surface area contributed by atoms with Crippen molar-refractivity contribution in [2.75, 3.05) is 5.32 Å². The molecule has 0 unspecified atom stereocenters. The number of fused-ring (bicyclic) bond motifs is 2. The van der Waals surface area contributed by atoms with Gasteiger partial charge in [-0.15, -0.1) is 0 Å². The molecule has 2 aromatic heterocycles. The van der Waals surface area contributed by atoms with Crippen molar-refractivity contribution in [3.05, 3.63) is 70.6 Å². The number of aromatic nitrogens is 2. The Morgan fingerprint density at radius 1 is 1.15 bits per heavy atom. The summed E-state index contributed by atoms with van der Waals surface area (Å²) < 4.78 is 5.95. The fourth-order valence-corrected chi connectivity index (χ4v) is 4.61. The van der Waals surface area contributed by atoms with Gasteiger partial charge in [0.2, 0.25) is 0 Å². The number of nitrogens with zero attached hydrogens (tertiary/aromatic N) is 2. The summed E-state index contributed by atoms with van der Waals surface area (Å²) >= 11 is 0. The minimum absolute atomic E-state index is 0.328. The Morgan fingerprint density at radius 3 is 2.74 bits per heavy atom. The zero-order valence-electron chi connectivity index (χ0n) is 18.8. The number of carbonyl (C=O) groups is 1. The smallest absolute Gasteiger partial charge is 0.460 e. The van der Waals surface area contributed by atoms with Gasteiger partial charge in [0.1, 0.15) is 17.2 Å². The third-order valence-electron chi connectivity index (χ3n) is 6.27. The van der Waals surface area contributed by atoms with Crippen molar-refractivity contribution < 1.29 is 19.3 Å². The number of benzene rings is 2. The molecule has 5 rings (SSSR count). The zero-order valence-corrected chi connectivity index (χ0v) is 18.8. The van der Waals surface area contributed by atoms with E-state index in [0.29, 0.717) is 34.7 Å². The number of para-hydroxylation sites is 1. The highest BCUT2D eigenvalue weighted by molar-refractivity contribution is 6.58. The molecule has 0 aliphatic heterocycles. The number of hydrogen-bond donors (Lipinski definition) is 4. The Morgan fingerprint density at radius 2 is 1.94 bits per heavy atom. The van der Waals surface area contributed by atoms with Crippen LogP contribution >= 0.6 is 0 Å². The number of nitrogens with one attached hydrogen (secondary N) is 1. The van der Waals surface area contributed by atoms with Gasteiger partial charge >= 0.3 is 7.12 Å². The highest BCUT2D eigenvalue weighted by Gasteiger charge is 2.24. The van der Waals surface area contributed by atoms with Crippen molar-refractivity contribution in [3.8, 4) is 11.4 Å². The van der Waals surface area contributed by atoms with Crippen molar-refractivity contribution in [1.82, 2.24) is 9.97 Å². The number of carbonyl (C=O) groups excluding carboxylic acids is 1. The Bertz CT molecular complexity index is 1400. The molecule has 172 valence electrons. The van der Waals surface area contributed by atoms with Gasteiger partial charge in [0.05, 0.1) is 11.1 Å². The van der Waals surface area contributed by atoms with Crippen molar-refractivity contribution in [2.45, 2.75) is 39.2 Å². The van der Waals surface area contributed by atoms with Crippen LogP contribution in [0.2, 0.25) is 0 Å². The lowest BCUT2D eigenvalue weighted by molar-refractivity contribution is 0.100. The van der Waals surface area contributed by atoms with Crippen LogP contribution in [0.3, 0.4) is 0 Å². The molecule has 0 spiro atoms. The Hall–Kier alpha value is -3.69. The molecule has 0 saturated heterocycles. The van der Waals surface area contributed by atoms with Crippen LogP contribution in [-0.4, -0.2) is 33.0 Å². The van der Waals surface area contributed by atoms with Gasteiger partial charge < -0.3 is 25.5 Å². The predicted octanol–water partition coefficient (Wildman–Crippen LogP) is 2.47. The maximum Gasteiger partial charge on any atom is 0.488 e. The van der Waals surface area contributed by atoms with Crippen LogP contribution in [0.5, 0.6) is 0 Å². The molecule has 0 fully saturated rings. The number of amides is 1. The molecule has 1 aliphatic carbocycles. The van der Waals surface area contributed by atoms with E-state index in [4.69, 9.17) is 20.1 Å². The van der Waals surface area contributed by atoms with E-state index < -0.39 is 13.0 Å². The minimum Gasteiger partial charge on any atom is -0.460 e. The van der Waals surface area contributed by atoms with Gasteiger partial charge in [-0.05, 0) is 49.7 Å². The first kappa shape index (κ1) is 22.1. The molecular weight excluding hydrogens is 431 g/mol. The standard InChI is InChI=1S/C25H25BN4O4/c1-14-21(18-9-5-10-19(23(27)31)22(18)34-14)25-29-20-11-3-2-8-17(20)24(30-25)28-13-15-6-4-7-16(12-15)26(32)33/h4-7,9-10,12,32-33H,2-3,8,11,13H2,1H3,(H2,27,31)(H,28,29,30). The van der Waals surface area contributed by atoms with Gasteiger partial charge in [0.15, 0.2) is 5.82 Å². The first-order valence-electron chi connectivity index (χ1n) is 11.3.